The molecule has 148 valence electrons. The predicted octanol–water partition coefficient (Wildman–Crippen LogP) is 5.04. The molecule has 0 fully saturated rings. The number of nitrogens with one attached hydrogen (secondary N) is 1. The van der Waals surface area contributed by atoms with Crippen LogP contribution >= 0.6 is 11.6 Å². The molecule has 0 aliphatic heterocycles. The van der Waals surface area contributed by atoms with E-state index in [1.165, 1.54) is 23.0 Å². The van der Waals surface area contributed by atoms with Gasteiger partial charge in [-0.15, -0.1) is 0 Å². The largest absolute Gasteiger partial charge is 0.276 e. The molecule has 0 unspecified atom stereocenters. The first-order valence-electron chi connectivity index (χ1n) is 8.87. The molecular weight excluding hydrogens is 401 g/mol. The van der Waals surface area contributed by atoms with Crippen LogP contribution in [0.25, 0.3) is 0 Å². The van der Waals surface area contributed by atoms with Gasteiger partial charge in [-0.25, -0.2) is 12.8 Å². The molecule has 1 atom stereocenters. The molecule has 0 saturated carbocycles. The molecule has 0 spiro atoms. The summed E-state index contributed by atoms with van der Waals surface area (Å²) in [5.41, 5.74) is 2.12. The van der Waals surface area contributed by atoms with Crippen LogP contribution < -0.4 is 4.72 Å². The van der Waals surface area contributed by atoms with Crippen LogP contribution in [0.4, 0.5) is 10.1 Å². The van der Waals surface area contributed by atoms with Crippen molar-refractivity contribution in [3.8, 4) is 0 Å². The first kappa shape index (κ1) is 20.4. The Kier molecular flexibility index (Phi) is 6.05. The van der Waals surface area contributed by atoms with E-state index in [0.29, 0.717) is 28.7 Å². The van der Waals surface area contributed by atoms with Crippen LogP contribution in [0.2, 0.25) is 5.02 Å². The zero-order chi connectivity index (χ0) is 20.3. The van der Waals surface area contributed by atoms with Gasteiger partial charge < -0.3 is 0 Å². The summed E-state index contributed by atoms with van der Waals surface area (Å²) >= 11 is 6.03. The Balaban J connectivity index is 1.73. The SMILES string of the molecule is CC[C@H](C)c1ccc(S(=O)(=O)Nc2cnn(Cc3ccc(F)cc3Cl)c2)cc1. The summed E-state index contributed by atoms with van der Waals surface area (Å²) in [6.45, 7) is 4.49. The fourth-order valence-corrected chi connectivity index (χ4v) is 4.01. The third-order valence-corrected chi connectivity index (χ3v) is 6.35. The maximum Gasteiger partial charge on any atom is 0.261 e. The standard InChI is InChI=1S/C20H21ClFN3O2S/c1-3-14(2)15-5-8-19(9-6-15)28(26,27)24-18-11-23-25(13-18)12-16-4-7-17(22)10-20(16)21/h4-11,13-14,24H,3,12H2,1-2H3/t14-/m0/s1. The van der Waals surface area contributed by atoms with Gasteiger partial charge in [0.25, 0.3) is 10.0 Å². The molecule has 0 bridgehead atoms. The zero-order valence-electron chi connectivity index (χ0n) is 15.6. The fraction of sp³-hybridized carbons (Fsp3) is 0.250. The maximum absolute atomic E-state index is 13.1. The van der Waals surface area contributed by atoms with Gasteiger partial charge in [0, 0.05) is 11.2 Å². The highest BCUT2D eigenvalue weighted by molar-refractivity contribution is 7.92. The average Bonchev–Trinajstić information content (AvgIpc) is 3.09. The quantitative estimate of drug-likeness (QED) is 0.581. The molecule has 3 rings (SSSR count). The Morgan fingerprint density at radius 2 is 1.93 bits per heavy atom. The second-order valence-corrected chi connectivity index (χ2v) is 8.74. The van der Waals surface area contributed by atoms with Gasteiger partial charge in [-0.05, 0) is 47.7 Å². The van der Waals surface area contributed by atoms with E-state index in [9.17, 15) is 12.8 Å². The number of sulfonamides is 1. The first-order chi connectivity index (χ1) is 13.3. The van der Waals surface area contributed by atoms with Gasteiger partial charge in [-0.1, -0.05) is 43.6 Å². The Bertz CT molecular complexity index is 1070. The first-order valence-corrected chi connectivity index (χ1v) is 10.7. The molecule has 1 heterocycles. The molecule has 1 N–H and O–H groups in total. The number of hydrogen-bond acceptors (Lipinski definition) is 3. The molecule has 2 aromatic carbocycles. The summed E-state index contributed by atoms with van der Waals surface area (Å²) < 4.78 is 42.4. The van der Waals surface area contributed by atoms with Crippen molar-refractivity contribution in [2.24, 2.45) is 0 Å². The molecule has 0 aliphatic carbocycles. The molecule has 0 aliphatic rings. The average molecular weight is 422 g/mol. The number of rotatable bonds is 7. The van der Waals surface area contributed by atoms with Gasteiger partial charge in [0.15, 0.2) is 0 Å². The van der Waals surface area contributed by atoms with E-state index < -0.39 is 15.8 Å². The highest BCUT2D eigenvalue weighted by Crippen LogP contribution is 2.22. The van der Waals surface area contributed by atoms with Gasteiger partial charge in [-0.2, -0.15) is 5.10 Å². The summed E-state index contributed by atoms with van der Waals surface area (Å²) in [5.74, 6) is -0.0387. The summed E-state index contributed by atoms with van der Waals surface area (Å²) in [6.07, 6.45) is 3.97. The Morgan fingerprint density at radius 1 is 1.21 bits per heavy atom. The molecule has 0 radical (unpaired) electrons. The Hall–Kier alpha value is -2.38. The number of anilines is 1. The minimum absolute atomic E-state index is 0.189. The molecule has 0 amide bonds. The van der Waals surface area contributed by atoms with Crippen LogP contribution in [-0.4, -0.2) is 18.2 Å². The van der Waals surface area contributed by atoms with Gasteiger partial charge in [0.05, 0.1) is 23.3 Å². The van der Waals surface area contributed by atoms with E-state index >= 15 is 0 Å². The summed E-state index contributed by atoms with van der Waals surface area (Å²) in [4.78, 5) is 0.189. The molecule has 3 aromatic rings. The highest BCUT2D eigenvalue weighted by Gasteiger charge is 2.16. The van der Waals surface area contributed by atoms with Crippen molar-refractivity contribution in [1.29, 1.82) is 0 Å². The number of halogens is 2. The van der Waals surface area contributed by atoms with Gasteiger partial charge >= 0.3 is 0 Å². The van der Waals surface area contributed by atoms with E-state index in [0.717, 1.165) is 12.0 Å². The van der Waals surface area contributed by atoms with E-state index in [2.05, 4.69) is 23.7 Å². The van der Waals surface area contributed by atoms with Gasteiger partial charge in [0.1, 0.15) is 5.82 Å². The lowest BCUT2D eigenvalue weighted by atomic mass is 9.99. The summed E-state index contributed by atoms with van der Waals surface area (Å²) in [6, 6.07) is 11.0. The molecule has 5 nitrogen and oxygen atoms in total. The zero-order valence-corrected chi connectivity index (χ0v) is 17.1. The number of benzene rings is 2. The number of hydrogen-bond donors (Lipinski definition) is 1. The third-order valence-electron chi connectivity index (χ3n) is 4.60. The lowest BCUT2D eigenvalue weighted by Gasteiger charge is -2.10. The van der Waals surface area contributed by atoms with Crippen LogP contribution in [0.5, 0.6) is 0 Å². The predicted molar refractivity (Wildman–Crippen MR) is 109 cm³/mol. The number of aromatic nitrogens is 2. The van der Waals surface area contributed by atoms with Crippen molar-refractivity contribution in [1.82, 2.24) is 9.78 Å². The summed E-state index contributed by atoms with van der Waals surface area (Å²) in [5, 5.41) is 4.43. The molecule has 8 heteroatoms. The fourth-order valence-electron chi connectivity index (χ4n) is 2.75. The normalized spacial score (nSPS) is 12.7. The number of nitrogens with zero attached hydrogens (tertiary/aromatic N) is 2. The van der Waals surface area contributed by atoms with Crippen molar-refractivity contribution in [3.63, 3.8) is 0 Å². The minimum Gasteiger partial charge on any atom is -0.276 e. The van der Waals surface area contributed by atoms with Gasteiger partial charge in [-0.3, -0.25) is 9.40 Å². The van der Waals surface area contributed by atoms with E-state index in [-0.39, 0.29) is 4.90 Å². The van der Waals surface area contributed by atoms with Crippen molar-refractivity contribution >= 4 is 27.3 Å². The third kappa shape index (κ3) is 4.72. The monoisotopic (exact) mass is 421 g/mol. The van der Waals surface area contributed by atoms with E-state index in [4.69, 9.17) is 11.6 Å². The second kappa shape index (κ2) is 8.32. The topological polar surface area (TPSA) is 64.0 Å². The van der Waals surface area contributed by atoms with Crippen LogP contribution in [0.15, 0.2) is 59.8 Å². The van der Waals surface area contributed by atoms with Crippen molar-refractivity contribution in [3.05, 3.63) is 76.8 Å². The minimum atomic E-state index is -3.71. The lowest BCUT2D eigenvalue weighted by Crippen LogP contribution is -2.12. The van der Waals surface area contributed by atoms with Crippen LogP contribution in [0, 0.1) is 5.82 Å². The smallest absolute Gasteiger partial charge is 0.261 e. The molecular formula is C20H21ClFN3O2S. The van der Waals surface area contributed by atoms with E-state index in [1.807, 2.05) is 12.1 Å². The second-order valence-electron chi connectivity index (χ2n) is 6.65. The molecule has 1 aromatic heterocycles. The lowest BCUT2D eigenvalue weighted by molar-refractivity contribution is 0.601. The van der Waals surface area contributed by atoms with Gasteiger partial charge in [0.2, 0.25) is 0 Å². The van der Waals surface area contributed by atoms with Crippen LogP contribution in [-0.2, 0) is 16.6 Å². The Morgan fingerprint density at radius 3 is 2.57 bits per heavy atom. The van der Waals surface area contributed by atoms with E-state index in [1.54, 1.807) is 24.4 Å². The highest BCUT2D eigenvalue weighted by atomic mass is 35.5. The summed E-state index contributed by atoms with van der Waals surface area (Å²) in [7, 11) is -3.71. The van der Waals surface area contributed by atoms with Crippen LogP contribution in [0.3, 0.4) is 0 Å². The maximum atomic E-state index is 13.1. The van der Waals surface area contributed by atoms with Crippen molar-refractivity contribution in [2.75, 3.05) is 4.72 Å². The van der Waals surface area contributed by atoms with Crippen LogP contribution in [0.1, 0.15) is 37.3 Å². The van der Waals surface area contributed by atoms with Crippen molar-refractivity contribution < 1.29 is 12.8 Å². The van der Waals surface area contributed by atoms with Crippen molar-refractivity contribution in [2.45, 2.75) is 37.6 Å². The molecule has 28 heavy (non-hydrogen) atoms. The molecule has 0 saturated heterocycles. The Labute approximate surface area is 169 Å².